The highest BCUT2D eigenvalue weighted by atomic mass is 79.9. The van der Waals surface area contributed by atoms with Crippen LogP contribution in [-0.4, -0.2) is 6.61 Å². The normalized spacial score (nSPS) is 25.1. The molecule has 0 radical (unpaired) electrons. The molecule has 1 aliphatic heterocycles. The number of ether oxygens (including phenoxy) is 1. The minimum atomic E-state index is -0.0596. The predicted octanol–water partition coefficient (Wildman–Crippen LogP) is 3.75. The molecule has 1 saturated heterocycles. The molecule has 84 valence electrons. The van der Waals surface area contributed by atoms with E-state index < -0.39 is 0 Å². The first-order chi connectivity index (χ1) is 7.72. The summed E-state index contributed by atoms with van der Waals surface area (Å²) in [5, 5.41) is 9.10. The van der Waals surface area contributed by atoms with Crippen molar-refractivity contribution in [1.82, 2.24) is 0 Å². The first-order valence-corrected chi connectivity index (χ1v) is 6.29. The Labute approximate surface area is 104 Å². The molecule has 1 aromatic rings. The van der Waals surface area contributed by atoms with Crippen molar-refractivity contribution in [2.24, 2.45) is 5.92 Å². The van der Waals surface area contributed by atoms with Crippen molar-refractivity contribution in [3.63, 3.8) is 0 Å². The van der Waals surface area contributed by atoms with Crippen LogP contribution in [0.1, 0.15) is 30.1 Å². The molecule has 0 aliphatic carbocycles. The molecule has 16 heavy (non-hydrogen) atoms. The molecule has 0 aromatic heterocycles. The predicted molar refractivity (Wildman–Crippen MR) is 65.9 cm³/mol. The number of nitriles is 1. The van der Waals surface area contributed by atoms with Crippen molar-refractivity contribution < 1.29 is 4.74 Å². The Kier molecular flexibility index (Phi) is 3.63. The Morgan fingerprint density at radius 1 is 1.50 bits per heavy atom. The van der Waals surface area contributed by atoms with Crippen molar-refractivity contribution in [1.29, 1.82) is 5.26 Å². The minimum Gasteiger partial charge on any atom is -0.372 e. The summed E-state index contributed by atoms with van der Waals surface area (Å²) in [6.07, 6.45) is 1.87. The van der Waals surface area contributed by atoms with Gasteiger partial charge in [-0.1, -0.05) is 28.1 Å². The van der Waals surface area contributed by atoms with E-state index in [0.29, 0.717) is 0 Å². The number of hydrogen-bond donors (Lipinski definition) is 0. The number of rotatable bonds is 1. The highest BCUT2D eigenvalue weighted by Gasteiger charge is 2.27. The van der Waals surface area contributed by atoms with E-state index in [1.54, 1.807) is 0 Å². The lowest BCUT2D eigenvalue weighted by molar-refractivity contribution is -0.0102. The summed E-state index contributed by atoms with van der Waals surface area (Å²) < 4.78 is 6.80. The zero-order valence-electron chi connectivity index (χ0n) is 9.24. The molecular formula is C13H14BrNO. The van der Waals surface area contributed by atoms with Gasteiger partial charge in [0.25, 0.3) is 0 Å². The van der Waals surface area contributed by atoms with E-state index in [1.807, 2.05) is 0 Å². The Morgan fingerprint density at radius 3 is 3.00 bits per heavy atom. The molecule has 3 heteroatoms. The van der Waals surface area contributed by atoms with Crippen LogP contribution in [-0.2, 0) is 4.74 Å². The van der Waals surface area contributed by atoms with Gasteiger partial charge in [-0.15, -0.1) is 0 Å². The quantitative estimate of drug-likeness (QED) is 0.785. The Bertz CT molecular complexity index is 424. The van der Waals surface area contributed by atoms with E-state index in [2.05, 4.69) is 47.1 Å². The van der Waals surface area contributed by atoms with Crippen molar-refractivity contribution in [3.05, 3.63) is 33.8 Å². The highest BCUT2D eigenvalue weighted by molar-refractivity contribution is 9.10. The number of hydrogen-bond acceptors (Lipinski definition) is 2. The van der Waals surface area contributed by atoms with E-state index in [0.717, 1.165) is 29.5 Å². The minimum absolute atomic E-state index is 0.0108. The first kappa shape index (κ1) is 11.6. The molecule has 0 amide bonds. The van der Waals surface area contributed by atoms with Crippen LogP contribution in [0.4, 0.5) is 0 Å². The van der Waals surface area contributed by atoms with Gasteiger partial charge in [0.1, 0.15) is 0 Å². The van der Waals surface area contributed by atoms with Gasteiger partial charge in [0.2, 0.25) is 0 Å². The molecule has 2 nitrogen and oxygen atoms in total. The third kappa shape index (κ3) is 2.28. The average molecular weight is 280 g/mol. The van der Waals surface area contributed by atoms with Gasteiger partial charge in [-0.2, -0.15) is 5.26 Å². The zero-order valence-corrected chi connectivity index (χ0v) is 10.8. The number of halogens is 1. The second-order valence-corrected chi connectivity index (χ2v) is 5.03. The number of aryl methyl sites for hydroxylation is 1. The van der Waals surface area contributed by atoms with Gasteiger partial charge in [-0.3, -0.25) is 0 Å². The van der Waals surface area contributed by atoms with Gasteiger partial charge in [-0.05, 0) is 37.0 Å². The first-order valence-electron chi connectivity index (χ1n) is 5.49. The van der Waals surface area contributed by atoms with Crippen LogP contribution >= 0.6 is 15.9 Å². The fourth-order valence-corrected chi connectivity index (χ4v) is 2.42. The molecule has 2 rings (SSSR count). The van der Waals surface area contributed by atoms with E-state index in [4.69, 9.17) is 10.00 Å². The molecule has 0 N–H and O–H groups in total. The molecule has 0 bridgehead atoms. The lowest BCUT2D eigenvalue weighted by Crippen LogP contribution is -2.21. The summed E-state index contributed by atoms with van der Waals surface area (Å²) in [6.45, 7) is 2.81. The van der Waals surface area contributed by atoms with Crippen LogP contribution in [0.3, 0.4) is 0 Å². The maximum Gasteiger partial charge on any atom is 0.0983 e. The van der Waals surface area contributed by atoms with Gasteiger partial charge in [0.15, 0.2) is 0 Å². The Balaban J connectivity index is 2.28. The average Bonchev–Trinajstić information content (AvgIpc) is 2.32. The van der Waals surface area contributed by atoms with E-state index >= 15 is 0 Å². The van der Waals surface area contributed by atoms with Crippen LogP contribution in [0.25, 0.3) is 0 Å². The summed E-state index contributed by atoms with van der Waals surface area (Å²) in [5.74, 6) is -0.0108. The second-order valence-electron chi connectivity index (χ2n) is 4.18. The highest BCUT2D eigenvalue weighted by Crippen LogP contribution is 2.34. The summed E-state index contributed by atoms with van der Waals surface area (Å²) in [5.41, 5.74) is 2.30. The number of nitrogens with zero attached hydrogens (tertiary/aromatic N) is 1. The van der Waals surface area contributed by atoms with Crippen molar-refractivity contribution in [2.75, 3.05) is 6.61 Å². The van der Waals surface area contributed by atoms with Gasteiger partial charge < -0.3 is 4.74 Å². The van der Waals surface area contributed by atoms with Crippen LogP contribution < -0.4 is 0 Å². The van der Waals surface area contributed by atoms with Gasteiger partial charge >= 0.3 is 0 Å². The molecule has 1 aromatic carbocycles. The van der Waals surface area contributed by atoms with Gasteiger partial charge in [0.05, 0.1) is 18.1 Å². The molecule has 2 unspecified atom stereocenters. The van der Waals surface area contributed by atoms with E-state index in [1.165, 1.54) is 5.56 Å². The monoisotopic (exact) mass is 279 g/mol. The fourth-order valence-electron chi connectivity index (χ4n) is 2.03. The van der Waals surface area contributed by atoms with Crippen LogP contribution in [0.15, 0.2) is 22.7 Å². The summed E-state index contributed by atoms with van der Waals surface area (Å²) in [4.78, 5) is 0. The van der Waals surface area contributed by atoms with Crippen LogP contribution in [0.5, 0.6) is 0 Å². The molecule has 0 spiro atoms. The van der Waals surface area contributed by atoms with Crippen molar-refractivity contribution >= 4 is 15.9 Å². The van der Waals surface area contributed by atoms with Gasteiger partial charge in [0, 0.05) is 11.1 Å². The van der Waals surface area contributed by atoms with Crippen molar-refractivity contribution in [2.45, 2.75) is 25.9 Å². The zero-order chi connectivity index (χ0) is 11.5. The second kappa shape index (κ2) is 4.99. The molecular weight excluding hydrogens is 266 g/mol. The number of benzene rings is 1. The molecule has 1 fully saturated rings. The summed E-state index contributed by atoms with van der Waals surface area (Å²) >= 11 is 3.52. The van der Waals surface area contributed by atoms with E-state index in [9.17, 15) is 0 Å². The fraction of sp³-hybridized carbons (Fsp3) is 0.462. The molecule has 0 saturated carbocycles. The van der Waals surface area contributed by atoms with Gasteiger partial charge in [-0.25, -0.2) is 0 Å². The largest absolute Gasteiger partial charge is 0.372 e. The van der Waals surface area contributed by atoms with Crippen molar-refractivity contribution in [3.8, 4) is 6.07 Å². The lowest BCUT2D eigenvalue weighted by Gasteiger charge is -2.27. The standard InChI is InChI=1S/C13H14BrNO/c1-9-4-5-10(7-12(9)14)13-11(8-15)3-2-6-16-13/h4-5,7,11,13H,2-3,6H2,1H3. The van der Waals surface area contributed by atoms with Crippen LogP contribution in [0.2, 0.25) is 0 Å². The smallest absolute Gasteiger partial charge is 0.0983 e. The Morgan fingerprint density at radius 2 is 2.31 bits per heavy atom. The Hall–Kier alpha value is -0.850. The molecule has 2 atom stereocenters. The molecule has 1 heterocycles. The summed E-state index contributed by atoms with van der Waals surface area (Å²) in [7, 11) is 0. The summed E-state index contributed by atoms with van der Waals surface area (Å²) in [6, 6.07) is 8.53. The third-order valence-electron chi connectivity index (χ3n) is 3.01. The maximum atomic E-state index is 9.10. The van der Waals surface area contributed by atoms with E-state index in [-0.39, 0.29) is 12.0 Å². The molecule has 1 aliphatic rings. The lowest BCUT2D eigenvalue weighted by atomic mass is 9.90. The topological polar surface area (TPSA) is 33.0 Å². The van der Waals surface area contributed by atoms with Crippen LogP contribution in [0, 0.1) is 24.2 Å². The third-order valence-corrected chi connectivity index (χ3v) is 3.87. The maximum absolute atomic E-state index is 9.10. The SMILES string of the molecule is Cc1ccc(C2OCCCC2C#N)cc1Br.